The van der Waals surface area contributed by atoms with E-state index < -0.39 is 0 Å². The van der Waals surface area contributed by atoms with Gasteiger partial charge in [-0.2, -0.15) is 0 Å². The molecule has 2 unspecified atom stereocenters. The predicted octanol–water partition coefficient (Wildman–Crippen LogP) is 1.93. The third kappa shape index (κ3) is 1.52. The number of carbonyl (C=O) groups is 1. The maximum atomic E-state index is 12.0. The number of rotatable bonds is 1. The Bertz CT molecular complexity index is 247. The molecule has 2 aliphatic carbocycles. The minimum absolute atomic E-state index is 0.0932. The van der Waals surface area contributed by atoms with Crippen molar-refractivity contribution in [2.75, 3.05) is 0 Å². The highest BCUT2D eigenvalue weighted by atomic mass is 16.3. The zero-order chi connectivity index (χ0) is 10.1. The van der Waals surface area contributed by atoms with Crippen LogP contribution in [0.1, 0.15) is 32.1 Å². The first-order valence-corrected chi connectivity index (χ1v) is 5.58. The maximum absolute atomic E-state index is 12.0. The summed E-state index contributed by atoms with van der Waals surface area (Å²) in [5.41, 5.74) is 0. The van der Waals surface area contributed by atoms with Crippen LogP contribution < -0.4 is 0 Å². The SMILES string of the molecule is C=C[C@H]1C[C@@H](O)C2CCCCC2C1=O. The largest absolute Gasteiger partial charge is 0.393 e. The van der Waals surface area contributed by atoms with Crippen molar-refractivity contribution < 1.29 is 9.90 Å². The van der Waals surface area contributed by atoms with Gasteiger partial charge in [0.15, 0.2) is 0 Å². The molecular weight excluding hydrogens is 176 g/mol. The van der Waals surface area contributed by atoms with E-state index in [4.69, 9.17) is 0 Å². The summed E-state index contributed by atoms with van der Waals surface area (Å²) in [6.45, 7) is 3.67. The van der Waals surface area contributed by atoms with Crippen molar-refractivity contribution in [3.63, 3.8) is 0 Å². The summed E-state index contributed by atoms with van der Waals surface area (Å²) in [6, 6.07) is 0. The molecule has 1 N–H and O–H groups in total. The number of fused-ring (bicyclic) bond motifs is 1. The van der Waals surface area contributed by atoms with E-state index in [-0.39, 0.29) is 23.9 Å². The molecule has 0 radical (unpaired) electrons. The number of ketones is 1. The van der Waals surface area contributed by atoms with Gasteiger partial charge in [-0.3, -0.25) is 4.79 Å². The van der Waals surface area contributed by atoms with Crippen LogP contribution in [0.3, 0.4) is 0 Å². The second-order valence-electron chi connectivity index (χ2n) is 4.60. The van der Waals surface area contributed by atoms with Gasteiger partial charge in [0.2, 0.25) is 0 Å². The Kier molecular flexibility index (Phi) is 2.73. The van der Waals surface area contributed by atoms with Gasteiger partial charge in [0.1, 0.15) is 5.78 Å². The van der Waals surface area contributed by atoms with Crippen LogP contribution in [0.15, 0.2) is 12.7 Å². The molecule has 0 amide bonds. The molecule has 4 atom stereocenters. The van der Waals surface area contributed by atoms with Gasteiger partial charge < -0.3 is 5.11 Å². The first kappa shape index (κ1) is 9.91. The molecule has 2 saturated carbocycles. The quantitative estimate of drug-likeness (QED) is 0.648. The molecule has 0 bridgehead atoms. The second kappa shape index (κ2) is 3.85. The molecule has 0 saturated heterocycles. The standard InChI is InChI=1S/C12H18O2/c1-2-8-7-11(13)9-5-3-4-6-10(9)12(8)14/h2,8-11,13H,1,3-7H2/t8-,9?,10?,11+/m0/s1. The van der Waals surface area contributed by atoms with E-state index >= 15 is 0 Å². The van der Waals surface area contributed by atoms with Crippen molar-refractivity contribution in [1.82, 2.24) is 0 Å². The summed E-state index contributed by atoms with van der Waals surface area (Å²) in [5, 5.41) is 9.92. The lowest BCUT2D eigenvalue weighted by Gasteiger charge is -2.40. The van der Waals surface area contributed by atoms with E-state index in [9.17, 15) is 9.90 Å². The lowest BCUT2D eigenvalue weighted by molar-refractivity contribution is -0.137. The number of Topliss-reactive ketones (excluding diaryl/α,β-unsaturated/α-hetero) is 1. The molecule has 14 heavy (non-hydrogen) atoms. The van der Waals surface area contributed by atoms with Crippen LogP contribution in [-0.2, 0) is 4.79 Å². The number of aliphatic hydroxyl groups is 1. The Morgan fingerprint density at radius 1 is 1.36 bits per heavy atom. The molecule has 2 rings (SSSR count). The van der Waals surface area contributed by atoms with Crippen LogP contribution in [0.2, 0.25) is 0 Å². The molecular formula is C12H18O2. The third-order valence-electron chi connectivity index (χ3n) is 3.82. The molecule has 2 heteroatoms. The van der Waals surface area contributed by atoms with Crippen molar-refractivity contribution in [3.05, 3.63) is 12.7 Å². The van der Waals surface area contributed by atoms with Crippen LogP contribution in [0, 0.1) is 17.8 Å². The van der Waals surface area contributed by atoms with Crippen molar-refractivity contribution in [2.45, 2.75) is 38.2 Å². The van der Waals surface area contributed by atoms with E-state index in [2.05, 4.69) is 6.58 Å². The summed E-state index contributed by atoms with van der Waals surface area (Å²) in [4.78, 5) is 12.0. The fourth-order valence-electron chi connectivity index (χ4n) is 3.01. The lowest BCUT2D eigenvalue weighted by atomic mass is 9.65. The average molecular weight is 194 g/mol. The van der Waals surface area contributed by atoms with Crippen molar-refractivity contribution in [2.24, 2.45) is 17.8 Å². The van der Waals surface area contributed by atoms with Crippen molar-refractivity contribution in [1.29, 1.82) is 0 Å². The number of allylic oxidation sites excluding steroid dienone is 1. The van der Waals surface area contributed by atoms with Gasteiger partial charge in [-0.05, 0) is 25.2 Å². The van der Waals surface area contributed by atoms with Crippen LogP contribution >= 0.6 is 0 Å². The first-order valence-electron chi connectivity index (χ1n) is 5.58. The van der Waals surface area contributed by atoms with E-state index in [0.717, 1.165) is 19.3 Å². The van der Waals surface area contributed by atoms with Gasteiger partial charge in [0.25, 0.3) is 0 Å². The van der Waals surface area contributed by atoms with Crippen molar-refractivity contribution in [3.8, 4) is 0 Å². The molecule has 0 heterocycles. The highest BCUT2D eigenvalue weighted by molar-refractivity contribution is 5.86. The normalized spacial score (nSPS) is 43.1. The lowest BCUT2D eigenvalue weighted by Crippen LogP contribution is -2.44. The molecule has 0 aromatic carbocycles. The van der Waals surface area contributed by atoms with Gasteiger partial charge in [-0.25, -0.2) is 0 Å². The van der Waals surface area contributed by atoms with Crippen LogP contribution in [0.4, 0.5) is 0 Å². The van der Waals surface area contributed by atoms with E-state index in [0.29, 0.717) is 12.2 Å². The molecule has 2 fully saturated rings. The molecule has 78 valence electrons. The number of hydrogen-bond donors (Lipinski definition) is 1. The minimum atomic E-state index is -0.277. The van der Waals surface area contributed by atoms with Crippen LogP contribution in [0.25, 0.3) is 0 Å². The van der Waals surface area contributed by atoms with Crippen molar-refractivity contribution >= 4 is 5.78 Å². The van der Waals surface area contributed by atoms with Gasteiger partial charge in [-0.15, -0.1) is 6.58 Å². The summed E-state index contributed by atoms with van der Waals surface area (Å²) < 4.78 is 0. The fourth-order valence-corrected chi connectivity index (χ4v) is 3.01. The monoisotopic (exact) mass is 194 g/mol. The third-order valence-corrected chi connectivity index (χ3v) is 3.82. The smallest absolute Gasteiger partial charge is 0.143 e. The first-order chi connectivity index (χ1) is 6.74. The highest BCUT2D eigenvalue weighted by Gasteiger charge is 2.42. The Balaban J connectivity index is 2.17. The molecule has 0 aliphatic heterocycles. The molecule has 0 aromatic rings. The number of aliphatic hydroxyl groups excluding tert-OH is 1. The Morgan fingerprint density at radius 2 is 2.07 bits per heavy atom. The second-order valence-corrected chi connectivity index (χ2v) is 4.60. The zero-order valence-electron chi connectivity index (χ0n) is 8.48. The summed E-state index contributed by atoms with van der Waals surface area (Å²) in [6.07, 6.45) is 6.35. The topological polar surface area (TPSA) is 37.3 Å². The van der Waals surface area contributed by atoms with Gasteiger partial charge in [0.05, 0.1) is 6.10 Å². The van der Waals surface area contributed by atoms with E-state index in [1.165, 1.54) is 6.42 Å². The van der Waals surface area contributed by atoms with E-state index in [1.54, 1.807) is 6.08 Å². The molecule has 2 aliphatic rings. The molecule has 0 aromatic heterocycles. The van der Waals surface area contributed by atoms with Crippen LogP contribution in [-0.4, -0.2) is 17.0 Å². The summed E-state index contributed by atoms with van der Waals surface area (Å²) in [7, 11) is 0. The van der Waals surface area contributed by atoms with Crippen LogP contribution in [0.5, 0.6) is 0 Å². The van der Waals surface area contributed by atoms with E-state index in [1.807, 2.05) is 0 Å². The van der Waals surface area contributed by atoms with Gasteiger partial charge >= 0.3 is 0 Å². The minimum Gasteiger partial charge on any atom is -0.393 e. The Labute approximate surface area is 85.0 Å². The Hall–Kier alpha value is -0.630. The number of hydrogen-bond acceptors (Lipinski definition) is 2. The van der Waals surface area contributed by atoms with Gasteiger partial charge in [-0.1, -0.05) is 18.9 Å². The Morgan fingerprint density at radius 3 is 2.79 bits per heavy atom. The summed E-state index contributed by atoms with van der Waals surface area (Å²) >= 11 is 0. The zero-order valence-corrected chi connectivity index (χ0v) is 8.48. The fraction of sp³-hybridized carbons (Fsp3) is 0.750. The predicted molar refractivity (Wildman–Crippen MR) is 54.8 cm³/mol. The molecule has 0 spiro atoms. The average Bonchev–Trinajstić information content (AvgIpc) is 2.23. The molecule has 2 nitrogen and oxygen atoms in total. The summed E-state index contributed by atoms with van der Waals surface area (Å²) in [5.74, 6) is 0.599. The highest BCUT2D eigenvalue weighted by Crippen LogP contribution is 2.40. The number of carbonyl (C=O) groups excluding carboxylic acids is 1. The van der Waals surface area contributed by atoms with Gasteiger partial charge in [0, 0.05) is 11.8 Å². The maximum Gasteiger partial charge on any atom is 0.143 e.